The van der Waals surface area contributed by atoms with E-state index < -0.39 is 0 Å². The Kier molecular flexibility index (Phi) is 4.89. The zero-order valence-electron chi connectivity index (χ0n) is 17.2. The van der Waals surface area contributed by atoms with Gasteiger partial charge in [0.2, 0.25) is 0 Å². The Morgan fingerprint density at radius 2 is 1.76 bits per heavy atom. The van der Waals surface area contributed by atoms with E-state index in [0.717, 1.165) is 33.7 Å². The largest absolute Gasteiger partial charge is 0.348 e. The third-order valence-electron chi connectivity index (χ3n) is 5.18. The van der Waals surface area contributed by atoms with Crippen molar-refractivity contribution in [2.45, 2.75) is 34.2 Å². The van der Waals surface area contributed by atoms with Crippen LogP contribution in [0.25, 0.3) is 16.8 Å². The molecule has 146 valence electrons. The van der Waals surface area contributed by atoms with Gasteiger partial charge in [-0.2, -0.15) is 5.10 Å². The summed E-state index contributed by atoms with van der Waals surface area (Å²) in [5.74, 6) is -0.150. The number of hydrogen-bond donors (Lipinski definition) is 1. The minimum Gasteiger partial charge on any atom is -0.348 e. The van der Waals surface area contributed by atoms with Gasteiger partial charge in [0.15, 0.2) is 5.65 Å². The summed E-state index contributed by atoms with van der Waals surface area (Å²) in [5, 5.41) is 7.64. The molecule has 29 heavy (non-hydrogen) atoms. The standard InChI is InChI=1S/C24H24N4O/c1-15-8-10-19(11-9-15)13-26-24(29)21-14-25-23-22(17(3)27-28(23)18(21)4)20-7-5-6-16(2)12-20/h5-12,14H,13H2,1-4H3,(H,26,29). The molecule has 0 aliphatic carbocycles. The quantitative estimate of drug-likeness (QED) is 0.561. The third-order valence-corrected chi connectivity index (χ3v) is 5.18. The number of aryl methyl sites for hydroxylation is 4. The molecule has 4 rings (SSSR count). The lowest BCUT2D eigenvalue weighted by molar-refractivity contribution is 0.0949. The van der Waals surface area contributed by atoms with E-state index in [0.29, 0.717) is 12.1 Å². The summed E-state index contributed by atoms with van der Waals surface area (Å²) in [4.78, 5) is 17.4. The second-order valence-corrected chi connectivity index (χ2v) is 7.49. The Labute approximate surface area is 170 Å². The minimum atomic E-state index is -0.150. The maximum Gasteiger partial charge on any atom is 0.254 e. The predicted octanol–water partition coefficient (Wildman–Crippen LogP) is 4.56. The van der Waals surface area contributed by atoms with Gasteiger partial charge >= 0.3 is 0 Å². The maximum absolute atomic E-state index is 12.8. The highest BCUT2D eigenvalue weighted by Gasteiger charge is 2.18. The van der Waals surface area contributed by atoms with Crippen LogP contribution >= 0.6 is 0 Å². The molecular formula is C24H24N4O. The number of fused-ring (bicyclic) bond motifs is 1. The first-order chi connectivity index (χ1) is 13.9. The molecule has 4 aromatic rings. The smallest absolute Gasteiger partial charge is 0.254 e. The molecule has 2 aromatic heterocycles. The summed E-state index contributed by atoms with van der Waals surface area (Å²) in [5.41, 5.74) is 8.50. The van der Waals surface area contributed by atoms with E-state index in [2.05, 4.69) is 40.5 Å². The molecule has 0 aliphatic rings. The minimum absolute atomic E-state index is 0.150. The van der Waals surface area contributed by atoms with Gasteiger partial charge in [-0.1, -0.05) is 59.7 Å². The Morgan fingerprint density at radius 1 is 1.00 bits per heavy atom. The van der Waals surface area contributed by atoms with Crippen LogP contribution in [0, 0.1) is 27.7 Å². The number of carbonyl (C=O) groups excluding carboxylic acids is 1. The monoisotopic (exact) mass is 384 g/mol. The molecule has 0 spiro atoms. The van der Waals surface area contributed by atoms with Crippen molar-refractivity contribution in [3.63, 3.8) is 0 Å². The van der Waals surface area contributed by atoms with E-state index in [-0.39, 0.29) is 5.91 Å². The summed E-state index contributed by atoms with van der Waals surface area (Å²) >= 11 is 0. The van der Waals surface area contributed by atoms with E-state index in [1.807, 2.05) is 51.1 Å². The van der Waals surface area contributed by atoms with Crippen molar-refractivity contribution in [1.29, 1.82) is 0 Å². The highest BCUT2D eigenvalue weighted by atomic mass is 16.1. The van der Waals surface area contributed by atoms with E-state index in [9.17, 15) is 4.79 Å². The van der Waals surface area contributed by atoms with Crippen molar-refractivity contribution < 1.29 is 4.79 Å². The molecule has 0 radical (unpaired) electrons. The van der Waals surface area contributed by atoms with Crippen LogP contribution in [0.1, 0.15) is 38.4 Å². The van der Waals surface area contributed by atoms with Crippen LogP contribution in [0.15, 0.2) is 54.7 Å². The van der Waals surface area contributed by atoms with Crippen LogP contribution in [-0.4, -0.2) is 20.5 Å². The Bertz CT molecular complexity index is 1210. The summed E-state index contributed by atoms with van der Waals surface area (Å²) in [6.45, 7) is 8.47. The van der Waals surface area contributed by atoms with Gasteiger partial charge in [0.05, 0.1) is 17.0 Å². The molecule has 0 fully saturated rings. The molecule has 0 bridgehead atoms. The zero-order valence-corrected chi connectivity index (χ0v) is 17.2. The van der Waals surface area contributed by atoms with Crippen LogP contribution < -0.4 is 5.32 Å². The van der Waals surface area contributed by atoms with Crippen LogP contribution in [0.2, 0.25) is 0 Å². The lowest BCUT2D eigenvalue weighted by Gasteiger charge is -2.09. The number of hydrogen-bond acceptors (Lipinski definition) is 3. The van der Waals surface area contributed by atoms with Gasteiger partial charge in [0.25, 0.3) is 5.91 Å². The number of carbonyl (C=O) groups is 1. The van der Waals surface area contributed by atoms with Crippen LogP contribution in [0.5, 0.6) is 0 Å². The molecule has 5 nitrogen and oxygen atoms in total. The van der Waals surface area contributed by atoms with Gasteiger partial charge < -0.3 is 5.32 Å². The molecule has 1 amide bonds. The lowest BCUT2D eigenvalue weighted by atomic mass is 10.0. The summed E-state index contributed by atoms with van der Waals surface area (Å²) in [6.07, 6.45) is 1.65. The third kappa shape index (κ3) is 3.63. The fourth-order valence-electron chi connectivity index (χ4n) is 3.55. The molecule has 1 N–H and O–H groups in total. The second-order valence-electron chi connectivity index (χ2n) is 7.49. The van der Waals surface area contributed by atoms with Crippen LogP contribution in [0.3, 0.4) is 0 Å². The molecule has 0 aliphatic heterocycles. The Balaban J connectivity index is 1.66. The van der Waals surface area contributed by atoms with E-state index in [4.69, 9.17) is 0 Å². The summed E-state index contributed by atoms with van der Waals surface area (Å²) < 4.78 is 1.77. The predicted molar refractivity (Wildman–Crippen MR) is 115 cm³/mol. The number of rotatable bonds is 4. The topological polar surface area (TPSA) is 59.3 Å². The van der Waals surface area contributed by atoms with Gasteiger partial charge in [0, 0.05) is 18.3 Å². The van der Waals surface area contributed by atoms with Gasteiger partial charge in [-0.3, -0.25) is 4.79 Å². The van der Waals surface area contributed by atoms with E-state index in [1.54, 1.807) is 10.7 Å². The van der Waals surface area contributed by atoms with Gasteiger partial charge in [-0.15, -0.1) is 0 Å². The average Bonchev–Trinajstić information content (AvgIpc) is 3.04. The molecule has 0 atom stereocenters. The van der Waals surface area contributed by atoms with Crippen LogP contribution in [0.4, 0.5) is 0 Å². The van der Waals surface area contributed by atoms with Crippen molar-refractivity contribution in [1.82, 2.24) is 19.9 Å². The van der Waals surface area contributed by atoms with Crippen molar-refractivity contribution in [3.8, 4) is 11.1 Å². The zero-order chi connectivity index (χ0) is 20.5. The summed E-state index contributed by atoms with van der Waals surface area (Å²) in [7, 11) is 0. The second kappa shape index (κ2) is 7.51. The van der Waals surface area contributed by atoms with Crippen molar-refractivity contribution in [3.05, 3.63) is 88.4 Å². The van der Waals surface area contributed by atoms with Gasteiger partial charge in [-0.25, -0.2) is 9.50 Å². The number of nitrogens with one attached hydrogen (secondary N) is 1. The first kappa shape index (κ1) is 18.9. The summed E-state index contributed by atoms with van der Waals surface area (Å²) in [6, 6.07) is 16.4. The highest BCUT2D eigenvalue weighted by Crippen LogP contribution is 2.28. The fraction of sp³-hybridized carbons (Fsp3) is 0.208. The van der Waals surface area contributed by atoms with Crippen molar-refractivity contribution >= 4 is 11.6 Å². The van der Waals surface area contributed by atoms with E-state index in [1.165, 1.54) is 11.1 Å². The number of amides is 1. The normalized spacial score (nSPS) is 11.0. The lowest BCUT2D eigenvalue weighted by Crippen LogP contribution is -2.24. The number of aromatic nitrogens is 3. The number of benzene rings is 2. The van der Waals surface area contributed by atoms with Crippen molar-refractivity contribution in [2.75, 3.05) is 0 Å². The molecule has 2 heterocycles. The molecule has 0 saturated carbocycles. The molecular weight excluding hydrogens is 360 g/mol. The first-order valence-corrected chi connectivity index (χ1v) is 9.70. The molecule has 0 saturated heterocycles. The van der Waals surface area contributed by atoms with Crippen LogP contribution in [-0.2, 0) is 6.54 Å². The maximum atomic E-state index is 12.8. The fourth-order valence-corrected chi connectivity index (χ4v) is 3.55. The molecule has 2 aromatic carbocycles. The van der Waals surface area contributed by atoms with Gasteiger partial charge in [0.1, 0.15) is 0 Å². The number of nitrogens with zero attached hydrogens (tertiary/aromatic N) is 3. The van der Waals surface area contributed by atoms with Crippen molar-refractivity contribution in [2.24, 2.45) is 0 Å². The average molecular weight is 384 g/mol. The van der Waals surface area contributed by atoms with E-state index >= 15 is 0 Å². The highest BCUT2D eigenvalue weighted by molar-refractivity contribution is 5.95. The van der Waals surface area contributed by atoms with Gasteiger partial charge in [-0.05, 0) is 38.8 Å². The first-order valence-electron chi connectivity index (χ1n) is 9.70. The Hall–Kier alpha value is -3.47. The Morgan fingerprint density at radius 3 is 2.48 bits per heavy atom. The molecule has 5 heteroatoms. The SMILES string of the molecule is Cc1ccc(CNC(=O)c2cnc3c(-c4cccc(C)c4)c(C)nn3c2C)cc1. The molecule has 0 unspecified atom stereocenters.